The second-order valence-electron chi connectivity index (χ2n) is 8.39. The van der Waals surface area contributed by atoms with E-state index in [1.807, 2.05) is 72.6 Å². The lowest BCUT2D eigenvalue weighted by Gasteiger charge is -2.34. The van der Waals surface area contributed by atoms with Crippen molar-refractivity contribution in [3.8, 4) is 0 Å². The molecule has 0 spiro atoms. The van der Waals surface area contributed by atoms with Crippen molar-refractivity contribution in [2.45, 2.75) is 19.4 Å². The minimum atomic E-state index is -0.179. The lowest BCUT2D eigenvalue weighted by Crippen LogP contribution is -2.45. The minimum Gasteiger partial charge on any atom is -0.339 e. The van der Waals surface area contributed by atoms with Crippen molar-refractivity contribution in [3.63, 3.8) is 0 Å². The van der Waals surface area contributed by atoms with Crippen LogP contribution in [-0.2, 0) is 11.3 Å². The number of hydrogen-bond acceptors (Lipinski definition) is 4. The smallest absolute Gasteiger partial charge is 0.254 e. The molecule has 6 heteroatoms. The Morgan fingerprint density at radius 3 is 2.72 bits per heavy atom. The van der Waals surface area contributed by atoms with Crippen LogP contribution in [0.5, 0.6) is 0 Å². The lowest BCUT2D eigenvalue weighted by molar-refractivity contribution is -0.136. The van der Waals surface area contributed by atoms with E-state index < -0.39 is 0 Å². The van der Waals surface area contributed by atoms with Crippen molar-refractivity contribution in [3.05, 3.63) is 77.3 Å². The Morgan fingerprint density at radius 1 is 1.06 bits per heavy atom. The van der Waals surface area contributed by atoms with Gasteiger partial charge in [0.1, 0.15) is 5.01 Å². The van der Waals surface area contributed by atoms with Crippen LogP contribution in [0.4, 0.5) is 0 Å². The van der Waals surface area contributed by atoms with Gasteiger partial charge in [0.25, 0.3) is 5.91 Å². The maximum absolute atomic E-state index is 13.3. The van der Waals surface area contributed by atoms with Crippen LogP contribution in [0.15, 0.2) is 66.7 Å². The molecule has 3 aromatic carbocycles. The van der Waals surface area contributed by atoms with Gasteiger partial charge in [0, 0.05) is 25.7 Å². The number of aromatic nitrogens is 1. The van der Waals surface area contributed by atoms with Gasteiger partial charge in [0.05, 0.1) is 22.7 Å². The molecule has 1 atom stereocenters. The van der Waals surface area contributed by atoms with E-state index in [1.54, 1.807) is 16.2 Å². The van der Waals surface area contributed by atoms with Crippen molar-refractivity contribution >= 4 is 44.1 Å². The van der Waals surface area contributed by atoms with Gasteiger partial charge >= 0.3 is 0 Å². The molecule has 0 radical (unpaired) electrons. The highest BCUT2D eigenvalue weighted by Crippen LogP contribution is 2.26. The molecule has 1 aliphatic heterocycles. The second-order valence-corrected chi connectivity index (χ2v) is 9.50. The predicted molar refractivity (Wildman–Crippen MR) is 129 cm³/mol. The molecule has 162 valence electrons. The average molecular weight is 444 g/mol. The number of carbonyl (C=O) groups is 2. The molecule has 1 aliphatic rings. The van der Waals surface area contributed by atoms with Gasteiger partial charge in [0.15, 0.2) is 0 Å². The molecule has 4 aromatic rings. The molecule has 0 bridgehead atoms. The number of carbonyl (C=O) groups excluding carboxylic acids is 2. The molecule has 2 amide bonds. The van der Waals surface area contributed by atoms with E-state index in [2.05, 4.69) is 11.1 Å². The highest BCUT2D eigenvalue weighted by atomic mass is 32.1. The van der Waals surface area contributed by atoms with Crippen LogP contribution in [0.2, 0.25) is 0 Å². The Labute approximate surface area is 191 Å². The molecule has 1 fully saturated rings. The Kier molecular flexibility index (Phi) is 5.62. The van der Waals surface area contributed by atoms with Crippen molar-refractivity contribution < 1.29 is 9.59 Å². The van der Waals surface area contributed by atoms with E-state index in [0.29, 0.717) is 25.2 Å². The summed E-state index contributed by atoms with van der Waals surface area (Å²) in [5, 5.41) is 2.95. The highest BCUT2D eigenvalue weighted by Gasteiger charge is 2.31. The fourth-order valence-corrected chi connectivity index (χ4v) is 5.55. The maximum atomic E-state index is 13.3. The Balaban J connectivity index is 1.29. The summed E-state index contributed by atoms with van der Waals surface area (Å²) in [6.45, 7) is 1.64. The summed E-state index contributed by atoms with van der Waals surface area (Å²) in [4.78, 5) is 34.8. The highest BCUT2D eigenvalue weighted by molar-refractivity contribution is 7.18. The number of amides is 2. The predicted octanol–water partition coefficient (Wildman–Crippen LogP) is 4.96. The summed E-state index contributed by atoms with van der Waals surface area (Å²) < 4.78 is 1.13. The first-order valence-corrected chi connectivity index (χ1v) is 11.8. The third-order valence-electron chi connectivity index (χ3n) is 6.16. The summed E-state index contributed by atoms with van der Waals surface area (Å²) in [5.74, 6) is -0.0881. The molecular formula is C26H25N3O2S. The molecule has 0 unspecified atom stereocenters. The third kappa shape index (κ3) is 3.98. The quantitative estimate of drug-likeness (QED) is 0.448. The van der Waals surface area contributed by atoms with Crippen molar-refractivity contribution in [1.82, 2.24) is 14.8 Å². The fourth-order valence-electron chi connectivity index (χ4n) is 4.53. The SMILES string of the molecule is CN(Cc1nc2ccccc2s1)C(=O)[C@H]1CCCN(C(=O)c2cccc3ccccc23)C1. The zero-order chi connectivity index (χ0) is 22.1. The van der Waals surface area contributed by atoms with Gasteiger partial charge in [-0.25, -0.2) is 4.98 Å². The van der Waals surface area contributed by atoms with Crippen LogP contribution in [0.1, 0.15) is 28.2 Å². The Bertz CT molecular complexity index is 1260. The van der Waals surface area contributed by atoms with Crippen molar-refractivity contribution in [2.24, 2.45) is 5.92 Å². The van der Waals surface area contributed by atoms with Gasteiger partial charge in [0.2, 0.25) is 5.91 Å². The summed E-state index contributed by atoms with van der Waals surface area (Å²) in [6.07, 6.45) is 1.64. The number of para-hydroxylation sites is 1. The van der Waals surface area contributed by atoms with E-state index >= 15 is 0 Å². The maximum Gasteiger partial charge on any atom is 0.254 e. The van der Waals surface area contributed by atoms with Gasteiger partial charge in [-0.05, 0) is 41.8 Å². The van der Waals surface area contributed by atoms with E-state index in [4.69, 9.17) is 0 Å². The number of hydrogen-bond donors (Lipinski definition) is 0. The van der Waals surface area contributed by atoms with Crippen molar-refractivity contribution in [1.29, 1.82) is 0 Å². The number of piperidine rings is 1. The third-order valence-corrected chi connectivity index (χ3v) is 7.19. The van der Waals surface area contributed by atoms with Crippen LogP contribution >= 0.6 is 11.3 Å². The van der Waals surface area contributed by atoms with Crippen LogP contribution < -0.4 is 0 Å². The van der Waals surface area contributed by atoms with Gasteiger partial charge in [-0.2, -0.15) is 0 Å². The summed E-state index contributed by atoms with van der Waals surface area (Å²) in [6, 6.07) is 21.8. The molecule has 0 saturated carbocycles. The molecule has 1 aromatic heterocycles. The molecular weight excluding hydrogens is 418 g/mol. The van der Waals surface area contributed by atoms with E-state index in [-0.39, 0.29) is 17.7 Å². The van der Waals surface area contributed by atoms with Crippen LogP contribution in [0.25, 0.3) is 21.0 Å². The molecule has 5 nitrogen and oxygen atoms in total. The first-order chi connectivity index (χ1) is 15.6. The zero-order valence-corrected chi connectivity index (χ0v) is 18.8. The van der Waals surface area contributed by atoms with E-state index in [0.717, 1.165) is 38.8 Å². The minimum absolute atomic E-state index is 0.00752. The van der Waals surface area contributed by atoms with Gasteiger partial charge in [-0.15, -0.1) is 11.3 Å². The zero-order valence-electron chi connectivity index (χ0n) is 18.0. The van der Waals surface area contributed by atoms with E-state index in [9.17, 15) is 9.59 Å². The van der Waals surface area contributed by atoms with Crippen molar-refractivity contribution in [2.75, 3.05) is 20.1 Å². The standard InChI is InChI=1S/C26H25N3O2S/c1-28(17-24-27-22-13-4-5-14-23(22)32-24)25(30)19-10-7-15-29(16-19)26(31)21-12-6-9-18-8-2-3-11-20(18)21/h2-6,8-9,11-14,19H,7,10,15-17H2,1H3/t19-/m0/s1. The molecule has 0 aliphatic carbocycles. The van der Waals surface area contributed by atoms with Gasteiger partial charge < -0.3 is 9.80 Å². The fraction of sp³-hybridized carbons (Fsp3) is 0.269. The normalized spacial score (nSPS) is 16.4. The first-order valence-electron chi connectivity index (χ1n) is 11.0. The number of rotatable bonds is 4. The number of nitrogens with zero attached hydrogens (tertiary/aromatic N) is 3. The second kappa shape index (κ2) is 8.71. The molecule has 2 heterocycles. The van der Waals surface area contributed by atoms with Crippen LogP contribution in [-0.4, -0.2) is 46.7 Å². The summed E-state index contributed by atoms with van der Waals surface area (Å²) >= 11 is 1.62. The number of benzene rings is 3. The van der Waals surface area contributed by atoms with E-state index in [1.165, 1.54) is 0 Å². The Hall–Kier alpha value is -3.25. The monoisotopic (exact) mass is 443 g/mol. The molecule has 1 saturated heterocycles. The molecule has 32 heavy (non-hydrogen) atoms. The number of thiazole rings is 1. The number of fused-ring (bicyclic) bond motifs is 2. The summed E-state index contributed by atoms with van der Waals surface area (Å²) in [5.41, 5.74) is 1.68. The van der Waals surface area contributed by atoms with Crippen LogP contribution in [0, 0.1) is 5.92 Å². The largest absolute Gasteiger partial charge is 0.339 e. The van der Waals surface area contributed by atoms with Gasteiger partial charge in [-0.1, -0.05) is 48.5 Å². The summed E-state index contributed by atoms with van der Waals surface area (Å²) in [7, 11) is 1.83. The first kappa shape index (κ1) is 20.6. The topological polar surface area (TPSA) is 53.5 Å². The molecule has 5 rings (SSSR count). The molecule has 0 N–H and O–H groups in total. The number of likely N-dealkylation sites (tertiary alicyclic amines) is 1. The van der Waals surface area contributed by atoms with Gasteiger partial charge in [-0.3, -0.25) is 9.59 Å². The average Bonchev–Trinajstić information content (AvgIpc) is 3.25. The van der Waals surface area contributed by atoms with Crippen LogP contribution in [0.3, 0.4) is 0 Å². The lowest BCUT2D eigenvalue weighted by atomic mass is 9.95. The Morgan fingerprint density at radius 2 is 1.84 bits per heavy atom.